The number of hydrogen-bond donors (Lipinski definition) is 4. The van der Waals surface area contributed by atoms with Crippen LogP contribution in [0.2, 0.25) is 5.02 Å². The van der Waals surface area contributed by atoms with E-state index in [4.69, 9.17) is 18.0 Å². The van der Waals surface area contributed by atoms with E-state index in [1.54, 1.807) is 17.8 Å². The highest BCUT2D eigenvalue weighted by Gasteiger charge is 2.33. The number of hydrazine groups is 2. The van der Waals surface area contributed by atoms with Crippen molar-refractivity contribution >= 4 is 45.2 Å². The van der Waals surface area contributed by atoms with Crippen LogP contribution in [0.25, 0.3) is 10.9 Å². The van der Waals surface area contributed by atoms with E-state index in [2.05, 4.69) is 58.3 Å². The normalized spacial score (nSPS) is 17.9. The Kier molecular flexibility index (Phi) is 5.93. The fraction of sp³-hybridized carbons (Fsp3) is 0.385. The fourth-order valence-electron chi connectivity index (χ4n) is 3.92. The molecule has 1 aromatic carbocycles. The van der Waals surface area contributed by atoms with Gasteiger partial charge in [0, 0.05) is 36.1 Å². The van der Waals surface area contributed by atoms with Gasteiger partial charge in [0.25, 0.3) is 0 Å². The summed E-state index contributed by atoms with van der Waals surface area (Å²) in [5.74, 6) is 2.74. The van der Waals surface area contributed by atoms with Crippen molar-refractivity contribution in [1.82, 2.24) is 25.9 Å². The van der Waals surface area contributed by atoms with Crippen LogP contribution in [0.5, 0.6) is 0 Å². The maximum Gasteiger partial charge on any atom is 0.106 e. The second-order valence-corrected chi connectivity index (χ2v) is 11.4. The molecular weight excluding hydrogens is 478 g/mol. The van der Waals surface area contributed by atoms with E-state index in [1.807, 2.05) is 24.2 Å². The van der Waals surface area contributed by atoms with Crippen LogP contribution in [-0.2, 0) is 0 Å². The molecule has 0 amide bonds. The van der Waals surface area contributed by atoms with Gasteiger partial charge >= 0.3 is 0 Å². The zero-order chi connectivity index (χ0) is 25.7. The van der Waals surface area contributed by atoms with E-state index < -0.39 is 6.02 Å². The molecule has 3 aromatic rings. The van der Waals surface area contributed by atoms with E-state index in [1.165, 1.54) is 11.3 Å². The second-order valence-electron chi connectivity index (χ2n) is 10.1. The maximum atomic E-state index is 9.63. The van der Waals surface area contributed by atoms with E-state index >= 15 is 0 Å². The van der Waals surface area contributed by atoms with Crippen molar-refractivity contribution < 1.29 is 1.37 Å². The maximum absolute atomic E-state index is 9.63. The van der Waals surface area contributed by atoms with E-state index in [-0.39, 0.29) is 5.41 Å². The number of nitrogens with zero attached hydrogens (tertiary/aromatic N) is 3. The Labute approximate surface area is 216 Å². The fourth-order valence-corrected chi connectivity index (χ4v) is 5.01. The smallest absolute Gasteiger partial charge is 0.106 e. The third kappa shape index (κ3) is 5.03. The van der Waals surface area contributed by atoms with Crippen LogP contribution < -0.4 is 21.6 Å². The molecule has 1 aliphatic carbocycles. The molecule has 2 aromatic heterocycles. The Morgan fingerprint density at radius 3 is 2.83 bits per heavy atom. The highest BCUT2D eigenvalue weighted by molar-refractivity contribution is 7.09. The molecule has 1 atom stereocenters. The summed E-state index contributed by atoms with van der Waals surface area (Å²) in [5.41, 5.74) is 12.5. The molecule has 2 aliphatic rings. The number of fused-ring (bicyclic) bond motifs is 1. The first-order valence-corrected chi connectivity index (χ1v) is 12.9. The summed E-state index contributed by atoms with van der Waals surface area (Å²) < 4.78 is 9.63. The Balaban J connectivity index is 1.60. The summed E-state index contributed by atoms with van der Waals surface area (Å²) in [4.78, 5) is 9.74. The number of aryl methyl sites for hydroxylation is 1. The molecule has 4 N–H and O–H groups in total. The predicted molar refractivity (Wildman–Crippen MR) is 145 cm³/mol. The van der Waals surface area contributed by atoms with Gasteiger partial charge in [-0.2, -0.15) is 0 Å². The van der Waals surface area contributed by atoms with Gasteiger partial charge in [0.1, 0.15) is 6.02 Å². The summed E-state index contributed by atoms with van der Waals surface area (Å²) in [7, 11) is 0. The van der Waals surface area contributed by atoms with Crippen LogP contribution in [0.3, 0.4) is 0 Å². The number of thiazole rings is 1. The van der Waals surface area contributed by atoms with E-state index in [0.29, 0.717) is 33.5 Å². The van der Waals surface area contributed by atoms with Crippen molar-refractivity contribution in [1.29, 1.82) is 0 Å². The molecule has 1 fully saturated rings. The van der Waals surface area contributed by atoms with Gasteiger partial charge in [-0.1, -0.05) is 38.3 Å². The van der Waals surface area contributed by atoms with Gasteiger partial charge in [-0.3, -0.25) is 9.99 Å². The molecule has 3 heterocycles. The van der Waals surface area contributed by atoms with Gasteiger partial charge in [-0.15, -0.1) is 23.3 Å². The molecule has 0 saturated heterocycles. The van der Waals surface area contributed by atoms with Crippen molar-refractivity contribution in [2.75, 3.05) is 17.2 Å². The third-order valence-electron chi connectivity index (χ3n) is 5.92. The van der Waals surface area contributed by atoms with Crippen LogP contribution in [-0.4, -0.2) is 27.6 Å². The molecule has 0 spiro atoms. The lowest BCUT2D eigenvalue weighted by Crippen LogP contribution is -2.38. The zero-order valence-corrected chi connectivity index (χ0v) is 21.9. The van der Waals surface area contributed by atoms with Gasteiger partial charge in [0.05, 0.1) is 44.9 Å². The Bertz CT molecular complexity index is 1390. The third-order valence-corrected chi connectivity index (χ3v) is 7.15. The standard InChI is InChI=1S/C26H30ClN7S/c1-6-16-11-28-23-19(22(16)29-13-26(3,4)5)9-17(10-20(23)27)31-24(25-15(2)30-14-35-25)21-12-34(33-32-21)18-7-8-18/h1,9-12,14,18,24,31-33H,7-8,13H2,2-5H3,(H,28,29)/t24-/m1/s1/i24D. The number of rotatable bonds is 7. The van der Waals surface area contributed by atoms with Crippen LogP contribution in [0.4, 0.5) is 11.4 Å². The van der Waals surface area contributed by atoms with E-state index in [9.17, 15) is 1.37 Å². The highest BCUT2D eigenvalue weighted by Crippen LogP contribution is 2.38. The molecule has 0 radical (unpaired) electrons. The van der Waals surface area contributed by atoms with Gasteiger partial charge < -0.3 is 16.1 Å². The van der Waals surface area contributed by atoms with Crippen molar-refractivity contribution in [3.63, 3.8) is 0 Å². The first-order chi connectivity index (χ1) is 17.1. The van der Waals surface area contributed by atoms with Crippen molar-refractivity contribution in [2.45, 2.75) is 52.6 Å². The number of halogens is 1. The first kappa shape index (κ1) is 22.5. The summed E-state index contributed by atoms with van der Waals surface area (Å²) >= 11 is 8.18. The Morgan fingerprint density at radius 1 is 1.37 bits per heavy atom. The first-order valence-electron chi connectivity index (χ1n) is 12.1. The topological polar surface area (TPSA) is 77.1 Å². The minimum absolute atomic E-state index is 0.0438. The van der Waals surface area contributed by atoms with Crippen LogP contribution in [0.15, 0.2) is 35.7 Å². The average molecular weight is 509 g/mol. The molecule has 7 nitrogen and oxygen atoms in total. The lowest BCUT2D eigenvalue weighted by molar-refractivity contribution is 0.260. The molecular formula is C26H30ClN7S. The number of anilines is 2. The second kappa shape index (κ2) is 9.23. The van der Waals surface area contributed by atoms with Gasteiger partial charge in [0.15, 0.2) is 0 Å². The van der Waals surface area contributed by atoms with E-state index in [0.717, 1.165) is 41.0 Å². The van der Waals surface area contributed by atoms with Crippen LogP contribution in [0, 0.1) is 24.7 Å². The Hall–Kier alpha value is -2.99. The SMILES string of the molecule is [2H][C@@](Nc1cc(Cl)c2ncc(C#C)c(NCC(C)(C)C)c2c1)(C1=CN(C2CC2)NN1)c1scnc1C. The van der Waals surface area contributed by atoms with Crippen molar-refractivity contribution in [3.8, 4) is 12.3 Å². The van der Waals surface area contributed by atoms with Gasteiger partial charge in [-0.05, 0) is 37.3 Å². The summed E-state index contributed by atoms with van der Waals surface area (Å²) in [6.07, 6.45) is 11.7. The van der Waals surface area contributed by atoms with Crippen molar-refractivity contribution in [3.05, 3.63) is 56.9 Å². The average Bonchev–Trinajstić information content (AvgIpc) is 3.37. The largest absolute Gasteiger partial charge is 0.383 e. The molecule has 9 heteroatoms. The lowest BCUT2D eigenvalue weighted by Gasteiger charge is -2.23. The molecule has 1 saturated carbocycles. The molecule has 182 valence electrons. The summed E-state index contributed by atoms with van der Waals surface area (Å²) in [6, 6.07) is 2.89. The van der Waals surface area contributed by atoms with Gasteiger partial charge in [-0.25, -0.2) is 4.98 Å². The van der Waals surface area contributed by atoms with Crippen molar-refractivity contribution in [2.24, 2.45) is 5.41 Å². The Morgan fingerprint density at radius 2 is 2.17 bits per heavy atom. The number of hydrogen-bond acceptors (Lipinski definition) is 8. The summed E-state index contributed by atoms with van der Waals surface area (Å²) in [6.45, 7) is 9.12. The van der Waals surface area contributed by atoms with Gasteiger partial charge in [0.2, 0.25) is 0 Å². The molecule has 0 bridgehead atoms. The number of terminal acetylenes is 1. The molecule has 35 heavy (non-hydrogen) atoms. The number of benzene rings is 1. The minimum atomic E-state index is -1.32. The zero-order valence-electron chi connectivity index (χ0n) is 21.3. The lowest BCUT2D eigenvalue weighted by atomic mass is 9.96. The quantitative estimate of drug-likeness (QED) is 0.310. The monoisotopic (exact) mass is 508 g/mol. The number of pyridine rings is 1. The van der Waals surface area contributed by atoms with Crippen LogP contribution >= 0.6 is 22.9 Å². The predicted octanol–water partition coefficient (Wildman–Crippen LogP) is 5.57. The summed E-state index contributed by atoms with van der Waals surface area (Å²) in [5, 5.41) is 10.3. The molecule has 0 unspecified atom stereocenters. The molecule has 1 aliphatic heterocycles. The number of aromatic nitrogens is 2. The molecule has 5 rings (SSSR count). The highest BCUT2D eigenvalue weighted by atomic mass is 35.5. The minimum Gasteiger partial charge on any atom is -0.383 e. The number of nitrogens with one attached hydrogen (secondary N) is 4. The van der Waals surface area contributed by atoms with Crippen LogP contribution in [0.1, 0.15) is 57.1 Å².